The molecule has 1 aliphatic carbocycles. The summed E-state index contributed by atoms with van der Waals surface area (Å²) in [6.45, 7) is 3.00. The highest BCUT2D eigenvalue weighted by Crippen LogP contribution is 2.39. The maximum atomic E-state index is 12.5. The lowest BCUT2D eigenvalue weighted by molar-refractivity contribution is 0.0897. The van der Waals surface area contributed by atoms with Crippen LogP contribution in [-0.4, -0.2) is 18.0 Å². The molecule has 4 nitrogen and oxygen atoms in total. The molecule has 0 aliphatic heterocycles. The summed E-state index contributed by atoms with van der Waals surface area (Å²) in [6, 6.07) is 11.3. The molecule has 1 amide bonds. The third kappa shape index (κ3) is 4.50. The summed E-state index contributed by atoms with van der Waals surface area (Å²) in [5.41, 5.74) is 6.16. The van der Waals surface area contributed by atoms with Crippen LogP contribution in [0.15, 0.2) is 41.8 Å². The van der Waals surface area contributed by atoms with E-state index in [9.17, 15) is 4.79 Å². The summed E-state index contributed by atoms with van der Waals surface area (Å²) in [5, 5.41) is 5.12. The van der Waals surface area contributed by atoms with Crippen molar-refractivity contribution >= 4 is 29.7 Å². The van der Waals surface area contributed by atoms with Crippen molar-refractivity contribution < 1.29 is 9.53 Å². The second-order valence-corrected chi connectivity index (χ2v) is 7.28. The molecule has 2 aromatic rings. The Hall–Kier alpha value is -1.56. The molecule has 0 radical (unpaired) electrons. The Kier molecular flexibility index (Phi) is 6.27. The second-order valence-electron chi connectivity index (χ2n) is 6.25. The quantitative estimate of drug-likeness (QED) is 0.786. The Morgan fingerprint density at radius 2 is 2.17 bits per heavy atom. The van der Waals surface area contributed by atoms with Gasteiger partial charge < -0.3 is 15.8 Å². The summed E-state index contributed by atoms with van der Waals surface area (Å²) in [6.07, 6.45) is 2.27. The molecule has 1 atom stereocenters. The smallest absolute Gasteiger partial charge is 0.251 e. The first-order chi connectivity index (χ1) is 11.1. The lowest BCUT2D eigenvalue weighted by Gasteiger charge is -2.29. The maximum absolute atomic E-state index is 12.5. The van der Waals surface area contributed by atoms with Crippen LogP contribution in [0.4, 0.5) is 0 Å². The first kappa shape index (κ1) is 18.8. The van der Waals surface area contributed by atoms with E-state index < -0.39 is 0 Å². The van der Waals surface area contributed by atoms with Crippen molar-refractivity contribution in [2.45, 2.75) is 31.9 Å². The third-order valence-electron chi connectivity index (χ3n) is 4.36. The minimum atomic E-state index is -0.315. The SMILES string of the molecule is CC(CN)(NC(=O)c1cccc(OCc2cccs2)c1)C1CC1.Cl. The molecule has 1 unspecified atom stereocenters. The first-order valence-corrected chi connectivity index (χ1v) is 8.76. The fraction of sp³-hybridized carbons (Fsp3) is 0.389. The number of amides is 1. The van der Waals surface area contributed by atoms with Gasteiger partial charge in [-0.05, 0) is 55.3 Å². The van der Waals surface area contributed by atoms with Crippen molar-refractivity contribution in [2.24, 2.45) is 11.7 Å². The van der Waals surface area contributed by atoms with Gasteiger partial charge in [0, 0.05) is 17.0 Å². The molecule has 1 aliphatic rings. The molecule has 130 valence electrons. The average molecular weight is 367 g/mol. The molecule has 6 heteroatoms. The summed E-state index contributed by atoms with van der Waals surface area (Å²) in [5.74, 6) is 1.10. The monoisotopic (exact) mass is 366 g/mol. The molecular weight excluding hydrogens is 344 g/mol. The number of hydrogen-bond donors (Lipinski definition) is 2. The first-order valence-electron chi connectivity index (χ1n) is 7.88. The number of rotatable bonds is 7. The fourth-order valence-electron chi connectivity index (χ4n) is 2.65. The molecular formula is C18H23ClN2O2S. The third-order valence-corrected chi connectivity index (χ3v) is 5.21. The van der Waals surface area contributed by atoms with Crippen molar-refractivity contribution in [1.82, 2.24) is 5.32 Å². The maximum Gasteiger partial charge on any atom is 0.251 e. The standard InChI is InChI=1S/C18H22N2O2S.ClH/c1-18(12-19,14-7-8-14)20-17(21)13-4-2-5-15(10-13)22-11-16-6-3-9-23-16;/h2-6,9-10,14H,7-8,11-12,19H2,1H3,(H,20,21);1H. The highest BCUT2D eigenvalue weighted by Gasteiger charge is 2.41. The molecule has 1 saturated carbocycles. The van der Waals surface area contributed by atoms with Crippen LogP contribution in [0, 0.1) is 5.92 Å². The molecule has 1 aromatic carbocycles. The van der Waals surface area contributed by atoms with E-state index in [0.717, 1.165) is 17.7 Å². The van der Waals surface area contributed by atoms with Crippen molar-refractivity contribution in [3.05, 3.63) is 52.2 Å². The van der Waals surface area contributed by atoms with Gasteiger partial charge in [0.05, 0.1) is 5.54 Å². The highest BCUT2D eigenvalue weighted by molar-refractivity contribution is 7.09. The number of ether oxygens (including phenoxy) is 1. The Bertz CT molecular complexity index is 673. The molecule has 1 fully saturated rings. The Labute approximate surface area is 152 Å². The summed E-state index contributed by atoms with van der Waals surface area (Å²) in [7, 11) is 0. The van der Waals surface area contributed by atoms with Gasteiger partial charge >= 0.3 is 0 Å². The van der Waals surface area contributed by atoms with E-state index in [1.165, 1.54) is 0 Å². The molecule has 24 heavy (non-hydrogen) atoms. The number of halogens is 1. The number of thiophene rings is 1. The average Bonchev–Trinajstić information content (AvgIpc) is 3.31. The predicted octanol–water partition coefficient (Wildman–Crippen LogP) is 3.61. The summed E-state index contributed by atoms with van der Waals surface area (Å²) in [4.78, 5) is 13.7. The number of nitrogens with two attached hydrogens (primary N) is 1. The van der Waals surface area contributed by atoms with E-state index in [-0.39, 0.29) is 23.9 Å². The zero-order valence-electron chi connectivity index (χ0n) is 13.7. The van der Waals surface area contributed by atoms with Crippen LogP contribution in [0.25, 0.3) is 0 Å². The molecule has 3 N–H and O–H groups in total. The van der Waals surface area contributed by atoms with Crippen LogP contribution in [0.3, 0.4) is 0 Å². The van der Waals surface area contributed by atoms with Crippen LogP contribution in [-0.2, 0) is 6.61 Å². The summed E-state index contributed by atoms with van der Waals surface area (Å²) >= 11 is 1.66. The molecule has 0 saturated heterocycles. The van der Waals surface area contributed by atoms with Crippen molar-refractivity contribution in [3.8, 4) is 5.75 Å². The number of benzene rings is 1. The van der Waals surface area contributed by atoms with Gasteiger partial charge in [-0.15, -0.1) is 23.7 Å². The second kappa shape index (κ2) is 8.01. The van der Waals surface area contributed by atoms with E-state index in [0.29, 0.717) is 30.4 Å². The van der Waals surface area contributed by atoms with Crippen LogP contribution in [0.5, 0.6) is 5.75 Å². The van der Waals surface area contributed by atoms with E-state index in [1.54, 1.807) is 23.5 Å². The highest BCUT2D eigenvalue weighted by atomic mass is 35.5. The van der Waals surface area contributed by atoms with Crippen molar-refractivity contribution in [3.63, 3.8) is 0 Å². The van der Waals surface area contributed by atoms with Crippen LogP contribution in [0.2, 0.25) is 0 Å². The van der Waals surface area contributed by atoms with Gasteiger partial charge in [-0.2, -0.15) is 0 Å². The van der Waals surface area contributed by atoms with E-state index in [1.807, 2.05) is 36.6 Å². The van der Waals surface area contributed by atoms with Gasteiger partial charge in [-0.25, -0.2) is 0 Å². The minimum absolute atomic E-state index is 0. The topological polar surface area (TPSA) is 64.3 Å². The molecule has 0 spiro atoms. The Morgan fingerprint density at radius 3 is 2.79 bits per heavy atom. The van der Waals surface area contributed by atoms with Crippen LogP contribution < -0.4 is 15.8 Å². The van der Waals surface area contributed by atoms with E-state index >= 15 is 0 Å². The van der Waals surface area contributed by atoms with Gasteiger partial charge in [-0.3, -0.25) is 4.79 Å². The van der Waals surface area contributed by atoms with Gasteiger partial charge in [0.25, 0.3) is 5.91 Å². The molecule has 3 rings (SSSR count). The minimum Gasteiger partial charge on any atom is -0.488 e. The Balaban J connectivity index is 0.00000208. The van der Waals surface area contributed by atoms with Crippen molar-refractivity contribution in [1.29, 1.82) is 0 Å². The molecule has 1 heterocycles. The Morgan fingerprint density at radius 1 is 1.38 bits per heavy atom. The lowest BCUT2D eigenvalue weighted by atomic mass is 9.95. The van der Waals surface area contributed by atoms with E-state index in [2.05, 4.69) is 5.32 Å². The van der Waals surface area contributed by atoms with Gasteiger partial charge in [0.2, 0.25) is 0 Å². The van der Waals surface area contributed by atoms with Gasteiger partial charge in [-0.1, -0.05) is 12.1 Å². The zero-order chi connectivity index (χ0) is 16.3. The fourth-order valence-corrected chi connectivity index (χ4v) is 3.26. The number of carbonyl (C=O) groups excluding carboxylic acids is 1. The van der Waals surface area contributed by atoms with Crippen molar-refractivity contribution in [2.75, 3.05) is 6.54 Å². The summed E-state index contributed by atoms with van der Waals surface area (Å²) < 4.78 is 5.76. The number of hydrogen-bond acceptors (Lipinski definition) is 4. The number of nitrogens with one attached hydrogen (secondary N) is 1. The molecule has 1 aromatic heterocycles. The van der Waals surface area contributed by atoms with Crippen LogP contribution >= 0.6 is 23.7 Å². The largest absolute Gasteiger partial charge is 0.488 e. The predicted molar refractivity (Wildman–Crippen MR) is 100.0 cm³/mol. The van der Waals surface area contributed by atoms with Gasteiger partial charge in [0.1, 0.15) is 12.4 Å². The lowest BCUT2D eigenvalue weighted by Crippen LogP contribution is -2.53. The van der Waals surface area contributed by atoms with Crippen LogP contribution in [0.1, 0.15) is 35.0 Å². The zero-order valence-corrected chi connectivity index (χ0v) is 15.3. The van der Waals surface area contributed by atoms with E-state index in [4.69, 9.17) is 10.5 Å². The van der Waals surface area contributed by atoms with Gasteiger partial charge in [0.15, 0.2) is 0 Å². The molecule has 0 bridgehead atoms. The number of carbonyl (C=O) groups is 1. The normalized spacial score (nSPS) is 15.9.